The Labute approximate surface area is 183 Å². The summed E-state index contributed by atoms with van der Waals surface area (Å²) < 4.78 is 0. The predicted octanol–water partition coefficient (Wildman–Crippen LogP) is 3.50. The molecule has 0 radical (unpaired) electrons. The number of carbonyl (C=O) groups is 3. The standard InChI is InChI=1S/C24H30N4O3/c1-24(2,3)27-22(30)17-6-10-19(11-7-17)25-16-21(29)26-20-12-8-18(9-13-20)23(31)28-14-4-5-15-28/h6-13,25H,4-5,14-16H2,1-3H3,(H,26,29)(H,27,30). The Bertz CT molecular complexity index is 925. The van der Waals surface area contributed by atoms with Crippen molar-refractivity contribution in [2.24, 2.45) is 0 Å². The number of likely N-dealkylation sites (tertiary alicyclic amines) is 1. The molecule has 31 heavy (non-hydrogen) atoms. The highest BCUT2D eigenvalue weighted by Gasteiger charge is 2.19. The molecule has 0 aromatic heterocycles. The molecule has 0 bridgehead atoms. The zero-order valence-electron chi connectivity index (χ0n) is 18.3. The highest BCUT2D eigenvalue weighted by Crippen LogP contribution is 2.16. The smallest absolute Gasteiger partial charge is 0.253 e. The first-order valence-corrected chi connectivity index (χ1v) is 10.6. The molecule has 0 aliphatic carbocycles. The number of anilines is 2. The maximum Gasteiger partial charge on any atom is 0.253 e. The second kappa shape index (κ2) is 9.64. The minimum atomic E-state index is -0.300. The van der Waals surface area contributed by atoms with Gasteiger partial charge in [0.1, 0.15) is 0 Å². The van der Waals surface area contributed by atoms with Crippen molar-refractivity contribution in [2.45, 2.75) is 39.2 Å². The van der Waals surface area contributed by atoms with Gasteiger partial charge in [0.15, 0.2) is 0 Å². The summed E-state index contributed by atoms with van der Waals surface area (Å²) in [6.45, 7) is 7.49. The lowest BCUT2D eigenvalue weighted by atomic mass is 10.1. The van der Waals surface area contributed by atoms with E-state index in [-0.39, 0.29) is 29.8 Å². The minimum absolute atomic E-state index is 0.0386. The number of rotatable bonds is 6. The molecule has 2 aromatic carbocycles. The molecule has 1 fully saturated rings. The highest BCUT2D eigenvalue weighted by molar-refractivity contribution is 5.97. The van der Waals surface area contributed by atoms with Crippen LogP contribution in [0.5, 0.6) is 0 Å². The fraction of sp³-hybridized carbons (Fsp3) is 0.375. The van der Waals surface area contributed by atoms with Crippen LogP contribution in [-0.2, 0) is 4.79 Å². The van der Waals surface area contributed by atoms with Gasteiger partial charge in [0.2, 0.25) is 5.91 Å². The van der Waals surface area contributed by atoms with Gasteiger partial charge in [-0.3, -0.25) is 14.4 Å². The SMILES string of the molecule is CC(C)(C)NC(=O)c1ccc(NCC(=O)Nc2ccc(C(=O)N3CCCC3)cc2)cc1. The van der Waals surface area contributed by atoms with Gasteiger partial charge in [-0.1, -0.05) is 0 Å². The number of hydrogen-bond acceptors (Lipinski definition) is 4. The molecule has 2 aromatic rings. The summed E-state index contributed by atoms with van der Waals surface area (Å²) in [6.07, 6.45) is 2.11. The lowest BCUT2D eigenvalue weighted by Crippen LogP contribution is -2.40. The van der Waals surface area contributed by atoms with E-state index in [0.717, 1.165) is 31.6 Å². The molecule has 0 unspecified atom stereocenters. The van der Waals surface area contributed by atoms with E-state index < -0.39 is 0 Å². The molecule has 0 spiro atoms. The molecule has 1 saturated heterocycles. The molecule has 7 heteroatoms. The average molecular weight is 423 g/mol. The first kappa shape index (κ1) is 22.3. The van der Waals surface area contributed by atoms with Crippen molar-refractivity contribution in [2.75, 3.05) is 30.3 Å². The summed E-state index contributed by atoms with van der Waals surface area (Å²) in [6, 6.07) is 13.9. The first-order valence-electron chi connectivity index (χ1n) is 10.6. The molecule has 1 aliphatic rings. The minimum Gasteiger partial charge on any atom is -0.376 e. The molecule has 3 rings (SSSR count). The molecule has 1 aliphatic heterocycles. The number of amides is 3. The molecule has 164 valence electrons. The second-order valence-electron chi connectivity index (χ2n) is 8.76. The average Bonchev–Trinajstić information content (AvgIpc) is 3.26. The van der Waals surface area contributed by atoms with Crippen molar-refractivity contribution in [1.29, 1.82) is 0 Å². The van der Waals surface area contributed by atoms with E-state index in [0.29, 0.717) is 16.8 Å². The first-order chi connectivity index (χ1) is 14.7. The third-order valence-corrected chi connectivity index (χ3v) is 4.90. The van der Waals surface area contributed by atoms with Gasteiger partial charge in [0.25, 0.3) is 11.8 Å². The molecule has 7 nitrogen and oxygen atoms in total. The Morgan fingerprint density at radius 3 is 1.97 bits per heavy atom. The predicted molar refractivity (Wildman–Crippen MR) is 122 cm³/mol. The van der Waals surface area contributed by atoms with Crippen LogP contribution in [0.25, 0.3) is 0 Å². The van der Waals surface area contributed by atoms with Crippen molar-refractivity contribution >= 4 is 29.1 Å². The van der Waals surface area contributed by atoms with E-state index in [4.69, 9.17) is 0 Å². The number of carbonyl (C=O) groups excluding carboxylic acids is 3. The van der Waals surface area contributed by atoms with E-state index in [1.807, 2.05) is 25.7 Å². The van der Waals surface area contributed by atoms with Crippen molar-refractivity contribution in [1.82, 2.24) is 10.2 Å². The number of nitrogens with zero attached hydrogens (tertiary/aromatic N) is 1. The number of hydrogen-bond donors (Lipinski definition) is 3. The fourth-order valence-electron chi connectivity index (χ4n) is 3.34. The largest absolute Gasteiger partial charge is 0.376 e. The van der Waals surface area contributed by atoms with E-state index in [9.17, 15) is 14.4 Å². The third-order valence-electron chi connectivity index (χ3n) is 4.90. The molecular weight excluding hydrogens is 392 g/mol. The van der Waals surface area contributed by atoms with Crippen LogP contribution >= 0.6 is 0 Å². The normalized spacial score (nSPS) is 13.6. The van der Waals surface area contributed by atoms with Crippen LogP contribution in [0.1, 0.15) is 54.3 Å². The third kappa shape index (κ3) is 6.57. The summed E-state index contributed by atoms with van der Waals surface area (Å²) in [7, 11) is 0. The van der Waals surface area contributed by atoms with Crippen LogP contribution in [0.3, 0.4) is 0 Å². The van der Waals surface area contributed by atoms with Crippen molar-refractivity contribution < 1.29 is 14.4 Å². The molecule has 3 N–H and O–H groups in total. The van der Waals surface area contributed by atoms with Gasteiger partial charge in [-0.15, -0.1) is 0 Å². The Kier molecular flexibility index (Phi) is 6.95. The quantitative estimate of drug-likeness (QED) is 0.665. The van der Waals surface area contributed by atoms with Crippen LogP contribution in [0.15, 0.2) is 48.5 Å². The summed E-state index contributed by atoms with van der Waals surface area (Å²) >= 11 is 0. The Morgan fingerprint density at radius 1 is 0.839 bits per heavy atom. The zero-order valence-corrected chi connectivity index (χ0v) is 18.3. The summed E-state index contributed by atoms with van der Waals surface area (Å²) in [5.74, 6) is -0.298. The summed E-state index contributed by atoms with van der Waals surface area (Å²) in [5, 5.41) is 8.77. The molecule has 3 amide bonds. The van der Waals surface area contributed by atoms with E-state index in [2.05, 4.69) is 16.0 Å². The van der Waals surface area contributed by atoms with E-state index in [1.165, 1.54) is 0 Å². The van der Waals surface area contributed by atoms with Gasteiger partial charge in [-0.2, -0.15) is 0 Å². The lowest BCUT2D eigenvalue weighted by Gasteiger charge is -2.20. The van der Waals surface area contributed by atoms with Gasteiger partial charge >= 0.3 is 0 Å². The van der Waals surface area contributed by atoms with Gasteiger partial charge in [0, 0.05) is 41.1 Å². The van der Waals surface area contributed by atoms with E-state index >= 15 is 0 Å². The van der Waals surface area contributed by atoms with Crippen LogP contribution in [0.4, 0.5) is 11.4 Å². The second-order valence-corrected chi connectivity index (χ2v) is 8.76. The Balaban J connectivity index is 1.47. The van der Waals surface area contributed by atoms with E-state index in [1.54, 1.807) is 48.5 Å². The van der Waals surface area contributed by atoms with Crippen LogP contribution in [0, 0.1) is 0 Å². The molecule has 1 heterocycles. The highest BCUT2D eigenvalue weighted by atomic mass is 16.2. The van der Waals surface area contributed by atoms with Gasteiger partial charge in [-0.25, -0.2) is 0 Å². The Morgan fingerprint density at radius 2 is 1.39 bits per heavy atom. The monoisotopic (exact) mass is 422 g/mol. The van der Waals surface area contributed by atoms with Crippen molar-refractivity contribution in [3.05, 3.63) is 59.7 Å². The van der Waals surface area contributed by atoms with Crippen molar-refractivity contribution in [3.8, 4) is 0 Å². The summed E-state index contributed by atoms with van der Waals surface area (Å²) in [4.78, 5) is 38.6. The number of benzene rings is 2. The topological polar surface area (TPSA) is 90.5 Å². The number of nitrogens with one attached hydrogen (secondary N) is 3. The van der Waals surface area contributed by atoms with Gasteiger partial charge in [0.05, 0.1) is 6.54 Å². The van der Waals surface area contributed by atoms with Crippen LogP contribution < -0.4 is 16.0 Å². The lowest BCUT2D eigenvalue weighted by molar-refractivity contribution is -0.114. The van der Waals surface area contributed by atoms with Crippen LogP contribution in [0.2, 0.25) is 0 Å². The summed E-state index contributed by atoms with van der Waals surface area (Å²) in [5.41, 5.74) is 2.28. The maximum atomic E-state index is 12.4. The molecule has 0 saturated carbocycles. The zero-order chi connectivity index (χ0) is 22.4. The van der Waals surface area contributed by atoms with Gasteiger partial charge < -0.3 is 20.9 Å². The maximum absolute atomic E-state index is 12.4. The van der Waals surface area contributed by atoms with Crippen LogP contribution in [-0.4, -0.2) is 47.8 Å². The fourth-order valence-corrected chi connectivity index (χ4v) is 3.34. The van der Waals surface area contributed by atoms with Gasteiger partial charge in [-0.05, 0) is 82.1 Å². The molecule has 0 atom stereocenters. The van der Waals surface area contributed by atoms with Crippen molar-refractivity contribution in [3.63, 3.8) is 0 Å². The molecular formula is C24H30N4O3. The Hall–Kier alpha value is -3.35.